The van der Waals surface area contributed by atoms with Crippen molar-refractivity contribution in [2.75, 3.05) is 11.9 Å². The number of anilines is 1. The van der Waals surface area contributed by atoms with Crippen molar-refractivity contribution in [1.82, 2.24) is 4.98 Å². The number of nitrogens with one attached hydrogen (secondary N) is 1. The monoisotopic (exact) mass is 275 g/mol. The highest BCUT2D eigenvalue weighted by molar-refractivity contribution is 6.29. The summed E-state index contributed by atoms with van der Waals surface area (Å²) in [6, 6.07) is 12.4. The maximum atomic E-state index is 12.2. The van der Waals surface area contributed by atoms with Crippen LogP contribution in [-0.4, -0.2) is 17.4 Å². The predicted molar refractivity (Wildman–Crippen MR) is 76.4 cm³/mol. The zero-order valence-electron chi connectivity index (χ0n) is 10.3. The van der Waals surface area contributed by atoms with E-state index in [-0.39, 0.29) is 5.91 Å². The van der Waals surface area contributed by atoms with E-state index in [4.69, 9.17) is 17.3 Å². The minimum absolute atomic E-state index is 0.209. The first-order valence-corrected chi connectivity index (χ1v) is 6.30. The molecule has 2 aromatic rings. The Hall–Kier alpha value is -1.91. The zero-order valence-corrected chi connectivity index (χ0v) is 11.0. The lowest BCUT2D eigenvalue weighted by Crippen LogP contribution is -2.16. The first-order chi connectivity index (χ1) is 9.20. The summed E-state index contributed by atoms with van der Waals surface area (Å²) in [5, 5.41) is 3.06. The molecular weight excluding hydrogens is 262 g/mol. The number of aromatic nitrogens is 1. The summed E-state index contributed by atoms with van der Waals surface area (Å²) in [7, 11) is 0. The molecule has 1 heterocycles. The summed E-state index contributed by atoms with van der Waals surface area (Å²) in [6.45, 7) is 0.500. The molecule has 0 radical (unpaired) electrons. The molecule has 0 aliphatic carbocycles. The largest absolute Gasteiger partial charge is 0.330 e. The van der Waals surface area contributed by atoms with Crippen molar-refractivity contribution >= 4 is 23.3 Å². The number of carbonyl (C=O) groups is 1. The zero-order chi connectivity index (χ0) is 13.7. The van der Waals surface area contributed by atoms with Crippen LogP contribution in [-0.2, 0) is 6.42 Å². The predicted octanol–water partition coefficient (Wildman–Crippen LogP) is 2.49. The van der Waals surface area contributed by atoms with E-state index in [0.717, 1.165) is 5.56 Å². The average Bonchev–Trinajstić information content (AvgIpc) is 2.39. The van der Waals surface area contributed by atoms with Crippen LogP contribution in [0.1, 0.15) is 15.9 Å². The number of nitrogens with zero attached hydrogens (tertiary/aromatic N) is 1. The molecular formula is C14H14ClN3O. The molecule has 0 bridgehead atoms. The lowest BCUT2D eigenvalue weighted by molar-refractivity contribution is 0.102. The number of hydrogen-bond donors (Lipinski definition) is 2. The molecule has 2 rings (SSSR count). The van der Waals surface area contributed by atoms with Crippen molar-refractivity contribution in [3.05, 3.63) is 58.7 Å². The van der Waals surface area contributed by atoms with Crippen molar-refractivity contribution in [2.45, 2.75) is 6.42 Å². The van der Waals surface area contributed by atoms with E-state index in [9.17, 15) is 4.79 Å². The van der Waals surface area contributed by atoms with Gasteiger partial charge >= 0.3 is 0 Å². The molecule has 5 heteroatoms. The molecule has 0 atom stereocenters. The van der Waals surface area contributed by atoms with E-state index in [0.29, 0.717) is 29.5 Å². The fourth-order valence-corrected chi connectivity index (χ4v) is 1.94. The first kappa shape index (κ1) is 13.5. The standard InChI is InChI=1S/C14H14ClN3O/c15-12-6-3-7-13(17-12)18-14(19)11-5-2-1-4-10(11)8-9-16/h1-7H,8-9,16H2,(H,17,18,19). The van der Waals surface area contributed by atoms with Crippen molar-refractivity contribution in [3.63, 3.8) is 0 Å². The van der Waals surface area contributed by atoms with Crippen molar-refractivity contribution in [3.8, 4) is 0 Å². The number of amides is 1. The minimum atomic E-state index is -0.209. The van der Waals surface area contributed by atoms with Gasteiger partial charge in [0.15, 0.2) is 0 Å². The quantitative estimate of drug-likeness (QED) is 0.843. The summed E-state index contributed by atoms with van der Waals surface area (Å²) in [5.41, 5.74) is 7.07. The summed E-state index contributed by atoms with van der Waals surface area (Å²) < 4.78 is 0. The Morgan fingerprint density at radius 1 is 1.21 bits per heavy atom. The summed E-state index contributed by atoms with van der Waals surface area (Å²) >= 11 is 5.78. The van der Waals surface area contributed by atoms with Gasteiger partial charge in [-0.3, -0.25) is 4.79 Å². The van der Waals surface area contributed by atoms with Crippen molar-refractivity contribution < 1.29 is 4.79 Å². The third kappa shape index (κ3) is 3.53. The molecule has 0 aliphatic rings. The van der Waals surface area contributed by atoms with Gasteiger partial charge < -0.3 is 11.1 Å². The van der Waals surface area contributed by atoms with Gasteiger partial charge in [-0.15, -0.1) is 0 Å². The molecule has 0 aliphatic heterocycles. The van der Waals surface area contributed by atoms with Crippen LogP contribution < -0.4 is 11.1 Å². The molecule has 3 N–H and O–H groups in total. The number of hydrogen-bond acceptors (Lipinski definition) is 3. The number of halogens is 1. The SMILES string of the molecule is NCCc1ccccc1C(=O)Nc1cccc(Cl)n1. The maximum absolute atomic E-state index is 12.2. The van der Waals surface area contributed by atoms with Crippen LogP contribution in [0.25, 0.3) is 0 Å². The Balaban J connectivity index is 2.20. The Labute approximate surface area is 116 Å². The number of pyridine rings is 1. The number of benzene rings is 1. The van der Waals surface area contributed by atoms with E-state index in [1.54, 1.807) is 24.3 Å². The summed E-state index contributed by atoms with van der Waals surface area (Å²) in [4.78, 5) is 16.2. The first-order valence-electron chi connectivity index (χ1n) is 5.92. The second-order valence-corrected chi connectivity index (χ2v) is 4.38. The topological polar surface area (TPSA) is 68.0 Å². The van der Waals surface area contributed by atoms with Gasteiger partial charge in [0.05, 0.1) is 0 Å². The second-order valence-electron chi connectivity index (χ2n) is 4.00. The Bertz CT molecular complexity index is 586. The highest BCUT2D eigenvalue weighted by Crippen LogP contribution is 2.13. The second kappa shape index (κ2) is 6.31. The number of carbonyl (C=O) groups excluding carboxylic acids is 1. The number of nitrogens with two attached hydrogens (primary N) is 1. The Morgan fingerprint density at radius 3 is 2.74 bits per heavy atom. The minimum Gasteiger partial charge on any atom is -0.330 e. The van der Waals surface area contributed by atoms with E-state index >= 15 is 0 Å². The maximum Gasteiger partial charge on any atom is 0.257 e. The van der Waals surface area contributed by atoms with Crippen LogP contribution in [0.15, 0.2) is 42.5 Å². The van der Waals surface area contributed by atoms with Gasteiger partial charge in [0, 0.05) is 5.56 Å². The lowest BCUT2D eigenvalue weighted by Gasteiger charge is -2.09. The van der Waals surface area contributed by atoms with Crippen LogP contribution in [0.4, 0.5) is 5.82 Å². The van der Waals surface area contributed by atoms with E-state index in [2.05, 4.69) is 10.3 Å². The third-order valence-electron chi connectivity index (χ3n) is 2.63. The fourth-order valence-electron chi connectivity index (χ4n) is 1.78. The van der Waals surface area contributed by atoms with Gasteiger partial charge in [0.1, 0.15) is 11.0 Å². The molecule has 0 unspecified atom stereocenters. The van der Waals surface area contributed by atoms with Crippen LogP contribution in [0.5, 0.6) is 0 Å². The molecule has 98 valence electrons. The van der Waals surface area contributed by atoms with Crippen LogP contribution >= 0.6 is 11.6 Å². The molecule has 0 saturated heterocycles. The lowest BCUT2D eigenvalue weighted by atomic mass is 10.0. The van der Waals surface area contributed by atoms with Gasteiger partial charge in [-0.2, -0.15) is 0 Å². The molecule has 0 spiro atoms. The van der Waals surface area contributed by atoms with Gasteiger partial charge in [0.2, 0.25) is 0 Å². The smallest absolute Gasteiger partial charge is 0.257 e. The van der Waals surface area contributed by atoms with Crippen molar-refractivity contribution in [1.29, 1.82) is 0 Å². The van der Waals surface area contributed by atoms with Crippen LogP contribution in [0.2, 0.25) is 5.15 Å². The molecule has 0 saturated carbocycles. The van der Waals surface area contributed by atoms with E-state index in [1.807, 2.05) is 18.2 Å². The fraction of sp³-hybridized carbons (Fsp3) is 0.143. The molecule has 1 aromatic heterocycles. The van der Waals surface area contributed by atoms with E-state index < -0.39 is 0 Å². The average molecular weight is 276 g/mol. The van der Waals surface area contributed by atoms with Crippen LogP contribution in [0, 0.1) is 0 Å². The molecule has 1 aromatic carbocycles. The highest BCUT2D eigenvalue weighted by Gasteiger charge is 2.11. The van der Waals surface area contributed by atoms with Gasteiger partial charge in [0.25, 0.3) is 5.91 Å². The molecule has 4 nitrogen and oxygen atoms in total. The van der Waals surface area contributed by atoms with Crippen LogP contribution in [0.3, 0.4) is 0 Å². The normalized spacial score (nSPS) is 10.2. The van der Waals surface area contributed by atoms with Gasteiger partial charge in [-0.05, 0) is 36.7 Å². The highest BCUT2D eigenvalue weighted by atomic mass is 35.5. The molecule has 19 heavy (non-hydrogen) atoms. The summed E-state index contributed by atoms with van der Waals surface area (Å²) in [5.74, 6) is 0.221. The number of rotatable bonds is 4. The van der Waals surface area contributed by atoms with Gasteiger partial charge in [-0.1, -0.05) is 35.9 Å². The summed E-state index contributed by atoms with van der Waals surface area (Å²) in [6.07, 6.45) is 0.659. The van der Waals surface area contributed by atoms with Gasteiger partial charge in [-0.25, -0.2) is 4.98 Å². The molecule has 1 amide bonds. The van der Waals surface area contributed by atoms with Crippen molar-refractivity contribution in [2.24, 2.45) is 5.73 Å². The Morgan fingerprint density at radius 2 is 2.00 bits per heavy atom. The van der Waals surface area contributed by atoms with E-state index in [1.165, 1.54) is 0 Å². The Kier molecular flexibility index (Phi) is 4.49. The third-order valence-corrected chi connectivity index (χ3v) is 2.84. The molecule has 0 fully saturated rings.